The number of anilines is 1. The predicted molar refractivity (Wildman–Crippen MR) is 102 cm³/mol. The molecule has 0 atom stereocenters. The van der Waals surface area contributed by atoms with Crippen LogP contribution < -0.4 is 10.0 Å². The first-order valence-electron chi connectivity index (χ1n) is 8.24. The van der Waals surface area contributed by atoms with Gasteiger partial charge in [0.2, 0.25) is 10.0 Å². The Balaban J connectivity index is 1.82. The van der Waals surface area contributed by atoms with Gasteiger partial charge in [0.1, 0.15) is 6.54 Å². The summed E-state index contributed by atoms with van der Waals surface area (Å²) >= 11 is 0. The van der Waals surface area contributed by atoms with Crippen molar-refractivity contribution in [3.05, 3.63) is 59.2 Å². The van der Waals surface area contributed by atoms with E-state index in [1.54, 1.807) is 13.0 Å². The van der Waals surface area contributed by atoms with Gasteiger partial charge < -0.3 is 10.1 Å². The van der Waals surface area contributed by atoms with Crippen molar-refractivity contribution < 1.29 is 22.7 Å². The van der Waals surface area contributed by atoms with Crippen molar-refractivity contribution in [2.75, 3.05) is 18.5 Å². The zero-order valence-corrected chi connectivity index (χ0v) is 16.2. The van der Waals surface area contributed by atoms with Crippen LogP contribution in [0.1, 0.15) is 16.7 Å². The molecule has 2 N–H and O–H groups in total. The van der Waals surface area contributed by atoms with E-state index in [-0.39, 0.29) is 4.90 Å². The Bertz CT molecular complexity index is 1020. The third-order valence-corrected chi connectivity index (χ3v) is 5.26. The summed E-state index contributed by atoms with van der Waals surface area (Å²) in [6.45, 7) is 2.48. The average molecular weight is 401 g/mol. The van der Waals surface area contributed by atoms with Crippen molar-refractivity contribution >= 4 is 27.6 Å². The number of aryl methyl sites for hydroxylation is 2. The lowest BCUT2D eigenvalue weighted by atomic mass is 10.1. The molecule has 0 bridgehead atoms. The normalized spacial score (nSPS) is 10.8. The highest BCUT2D eigenvalue weighted by Gasteiger charge is 2.17. The quantitative estimate of drug-likeness (QED) is 0.680. The number of amides is 1. The maximum absolute atomic E-state index is 12.2. The van der Waals surface area contributed by atoms with Gasteiger partial charge in [0.05, 0.1) is 16.5 Å². The molecule has 0 aliphatic rings. The van der Waals surface area contributed by atoms with Gasteiger partial charge in [0, 0.05) is 5.69 Å². The summed E-state index contributed by atoms with van der Waals surface area (Å²) < 4.78 is 31.3. The van der Waals surface area contributed by atoms with Crippen molar-refractivity contribution in [2.45, 2.75) is 18.7 Å². The van der Waals surface area contributed by atoms with Gasteiger partial charge in [-0.1, -0.05) is 6.07 Å². The van der Waals surface area contributed by atoms with Gasteiger partial charge in [-0.3, -0.25) is 9.59 Å². The number of hydrogen-bond donors (Lipinski definition) is 2. The molecule has 0 radical (unpaired) electrons. The SMILES string of the molecule is Cc1ccc(S(=O)(=O)NCC(=O)OCC(=O)Nc2ccc(C#N)cc2)cc1C. The predicted octanol–water partition coefficient (Wildman–Crippen LogP) is 1.64. The molecule has 0 aromatic heterocycles. The molecule has 0 saturated carbocycles. The van der Waals surface area contributed by atoms with Crippen LogP contribution in [0.4, 0.5) is 5.69 Å². The molecule has 0 unspecified atom stereocenters. The standard InChI is InChI=1S/C19H19N3O5S/c1-13-3-8-17(9-14(13)2)28(25,26)21-11-19(24)27-12-18(23)22-16-6-4-15(10-20)5-7-16/h3-9,21H,11-12H2,1-2H3,(H,22,23). The van der Waals surface area contributed by atoms with Gasteiger partial charge >= 0.3 is 5.97 Å². The number of nitrogens with zero attached hydrogens (tertiary/aromatic N) is 1. The van der Waals surface area contributed by atoms with Crippen molar-refractivity contribution in [3.8, 4) is 6.07 Å². The van der Waals surface area contributed by atoms with Gasteiger partial charge in [0.25, 0.3) is 5.91 Å². The monoisotopic (exact) mass is 401 g/mol. The second kappa shape index (κ2) is 9.12. The molecule has 0 heterocycles. The summed E-state index contributed by atoms with van der Waals surface area (Å²) in [5.41, 5.74) is 2.65. The minimum absolute atomic E-state index is 0.0435. The summed E-state index contributed by atoms with van der Waals surface area (Å²) in [7, 11) is -3.87. The van der Waals surface area contributed by atoms with Crippen molar-refractivity contribution in [1.29, 1.82) is 5.26 Å². The summed E-state index contributed by atoms with van der Waals surface area (Å²) in [5.74, 6) is -1.47. The Kier molecular flexibility index (Phi) is 6.87. The molecule has 0 aliphatic carbocycles. The summed E-state index contributed by atoms with van der Waals surface area (Å²) in [6, 6.07) is 12.7. The van der Waals surface area contributed by atoms with Gasteiger partial charge in [-0.25, -0.2) is 8.42 Å². The number of carbonyl (C=O) groups excluding carboxylic acids is 2. The molecule has 0 fully saturated rings. The maximum Gasteiger partial charge on any atom is 0.321 e. The molecule has 8 nitrogen and oxygen atoms in total. The van der Waals surface area contributed by atoms with E-state index < -0.39 is 35.1 Å². The lowest BCUT2D eigenvalue weighted by Crippen LogP contribution is -2.32. The Hall–Kier alpha value is -3.22. The second-order valence-electron chi connectivity index (χ2n) is 5.97. The Morgan fingerprint density at radius 3 is 2.36 bits per heavy atom. The first-order chi connectivity index (χ1) is 13.2. The number of benzene rings is 2. The molecule has 0 spiro atoms. The fraction of sp³-hybridized carbons (Fsp3) is 0.211. The van der Waals surface area contributed by atoms with Crippen LogP contribution in [0.3, 0.4) is 0 Å². The van der Waals surface area contributed by atoms with E-state index in [1.165, 1.54) is 36.4 Å². The van der Waals surface area contributed by atoms with Crippen LogP contribution >= 0.6 is 0 Å². The highest BCUT2D eigenvalue weighted by Crippen LogP contribution is 2.14. The van der Waals surface area contributed by atoms with Crippen LogP contribution in [0.15, 0.2) is 47.4 Å². The molecule has 2 rings (SSSR count). The second-order valence-corrected chi connectivity index (χ2v) is 7.74. The van der Waals surface area contributed by atoms with E-state index >= 15 is 0 Å². The zero-order chi connectivity index (χ0) is 20.7. The minimum atomic E-state index is -3.87. The van der Waals surface area contributed by atoms with Crippen LogP contribution in [0, 0.1) is 25.2 Å². The van der Waals surface area contributed by atoms with Crippen LogP contribution in [-0.4, -0.2) is 33.4 Å². The molecular weight excluding hydrogens is 382 g/mol. The van der Waals surface area contributed by atoms with E-state index in [0.717, 1.165) is 11.1 Å². The molecule has 146 valence electrons. The molecule has 2 aromatic rings. The Morgan fingerprint density at radius 2 is 1.75 bits per heavy atom. The topological polar surface area (TPSA) is 125 Å². The first kappa shape index (κ1) is 21.1. The molecule has 0 aliphatic heterocycles. The van der Waals surface area contributed by atoms with Crippen LogP contribution in [0.25, 0.3) is 0 Å². The highest BCUT2D eigenvalue weighted by atomic mass is 32.2. The Morgan fingerprint density at radius 1 is 1.07 bits per heavy atom. The fourth-order valence-corrected chi connectivity index (χ4v) is 3.19. The maximum atomic E-state index is 12.2. The van der Waals surface area contributed by atoms with Crippen molar-refractivity contribution in [3.63, 3.8) is 0 Å². The van der Waals surface area contributed by atoms with Crippen LogP contribution in [-0.2, 0) is 24.3 Å². The fourth-order valence-electron chi connectivity index (χ4n) is 2.14. The zero-order valence-electron chi connectivity index (χ0n) is 15.4. The lowest BCUT2D eigenvalue weighted by molar-refractivity contribution is -0.146. The number of esters is 1. The molecule has 0 saturated heterocycles. The smallest absolute Gasteiger partial charge is 0.321 e. The molecule has 9 heteroatoms. The lowest BCUT2D eigenvalue weighted by Gasteiger charge is -2.09. The molecule has 2 aromatic carbocycles. The van der Waals surface area contributed by atoms with E-state index in [2.05, 4.69) is 10.0 Å². The summed E-state index contributed by atoms with van der Waals surface area (Å²) in [6.07, 6.45) is 0. The largest absolute Gasteiger partial charge is 0.455 e. The third kappa shape index (κ3) is 5.90. The number of carbonyl (C=O) groups is 2. The van der Waals surface area contributed by atoms with Crippen LogP contribution in [0.5, 0.6) is 0 Å². The summed E-state index contributed by atoms with van der Waals surface area (Å²) in [4.78, 5) is 23.5. The average Bonchev–Trinajstić information content (AvgIpc) is 2.67. The van der Waals surface area contributed by atoms with E-state index in [0.29, 0.717) is 11.3 Å². The van der Waals surface area contributed by atoms with Gasteiger partial charge in [0.15, 0.2) is 6.61 Å². The van der Waals surface area contributed by atoms with E-state index in [4.69, 9.17) is 10.00 Å². The van der Waals surface area contributed by atoms with Crippen molar-refractivity contribution in [2.24, 2.45) is 0 Å². The third-order valence-electron chi connectivity index (χ3n) is 3.86. The summed E-state index contributed by atoms with van der Waals surface area (Å²) in [5, 5.41) is 11.2. The minimum Gasteiger partial charge on any atom is -0.455 e. The van der Waals surface area contributed by atoms with Gasteiger partial charge in [-0.05, 0) is 61.4 Å². The molecule has 28 heavy (non-hydrogen) atoms. The van der Waals surface area contributed by atoms with Gasteiger partial charge in [-0.15, -0.1) is 0 Å². The number of ether oxygens (including phenoxy) is 1. The number of rotatable bonds is 7. The number of nitrogens with one attached hydrogen (secondary N) is 2. The number of sulfonamides is 1. The van der Waals surface area contributed by atoms with Gasteiger partial charge in [-0.2, -0.15) is 9.98 Å². The van der Waals surface area contributed by atoms with Crippen molar-refractivity contribution in [1.82, 2.24) is 4.72 Å². The molecule has 1 amide bonds. The van der Waals surface area contributed by atoms with E-state index in [9.17, 15) is 18.0 Å². The first-order valence-corrected chi connectivity index (χ1v) is 9.72. The van der Waals surface area contributed by atoms with E-state index in [1.807, 2.05) is 13.0 Å². The number of hydrogen-bond acceptors (Lipinski definition) is 6. The number of nitriles is 1. The Labute approximate surface area is 163 Å². The molecular formula is C19H19N3O5S. The van der Waals surface area contributed by atoms with Crippen LogP contribution in [0.2, 0.25) is 0 Å². The highest BCUT2D eigenvalue weighted by molar-refractivity contribution is 7.89.